The number of carboxylic acids is 1. The molecule has 0 aliphatic heterocycles. The van der Waals surface area contributed by atoms with Gasteiger partial charge in [-0.05, 0) is 26.0 Å². The molecule has 2 rings (SSSR count). The third kappa shape index (κ3) is 2.40. The van der Waals surface area contributed by atoms with Gasteiger partial charge < -0.3 is 9.67 Å². The predicted molar refractivity (Wildman–Crippen MR) is 78.3 cm³/mol. The summed E-state index contributed by atoms with van der Waals surface area (Å²) >= 11 is 9.41. The van der Waals surface area contributed by atoms with E-state index in [0.29, 0.717) is 5.52 Å². The van der Waals surface area contributed by atoms with Crippen molar-refractivity contribution in [3.8, 4) is 0 Å². The number of nitrogens with zero attached hydrogens (tertiary/aromatic N) is 1. The lowest BCUT2D eigenvalue weighted by molar-refractivity contribution is 0.0695. The molecule has 0 unspecified atom stereocenters. The number of aromatic nitrogens is 1. The molecule has 4 nitrogen and oxygen atoms in total. The van der Waals surface area contributed by atoms with Gasteiger partial charge in [-0.1, -0.05) is 27.5 Å². The average molecular weight is 345 g/mol. The molecule has 100 valence electrons. The summed E-state index contributed by atoms with van der Waals surface area (Å²) in [5.41, 5.74) is -0.216. The van der Waals surface area contributed by atoms with E-state index in [1.807, 2.05) is 13.8 Å². The monoisotopic (exact) mass is 343 g/mol. The van der Waals surface area contributed by atoms with E-state index in [1.165, 1.54) is 6.20 Å². The van der Waals surface area contributed by atoms with Crippen LogP contribution >= 0.6 is 27.5 Å². The van der Waals surface area contributed by atoms with E-state index in [1.54, 1.807) is 16.7 Å². The fraction of sp³-hybridized carbons (Fsp3) is 0.231. The van der Waals surface area contributed by atoms with Crippen LogP contribution in [0.4, 0.5) is 0 Å². The van der Waals surface area contributed by atoms with Gasteiger partial charge in [0, 0.05) is 16.7 Å². The number of hydrogen-bond donors (Lipinski definition) is 1. The number of carboxylic acid groups (broad SMARTS) is 1. The largest absolute Gasteiger partial charge is 0.477 e. The normalized spacial score (nSPS) is 11.2. The van der Waals surface area contributed by atoms with E-state index >= 15 is 0 Å². The Bertz CT molecular complexity index is 737. The third-order valence-corrected chi connectivity index (χ3v) is 3.59. The number of aromatic carboxylic acids is 1. The highest BCUT2D eigenvalue weighted by Crippen LogP contribution is 2.28. The predicted octanol–water partition coefficient (Wildman–Crippen LogP) is 3.70. The van der Waals surface area contributed by atoms with E-state index in [-0.39, 0.29) is 22.0 Å². The van der Waals surface area contributed by atoms with E-state index in [9.17, 15) is 9.59 Å². The Hall–Kier alpha value is -1.33. The molecule has 0 aliphatic carbocycles. The zero-order valence-electron chi connectivity index (χ0n) is 10.3. The number of hydrogen-bond acceptors (Lipinski definition) is 2. The first-order valence-corrected chi connectivity index (χ1v) is 6.77. The van der Waals surface area contributed by atoms with Crippen molar-refractivity contribution >= 4 is 44.4 Å². The Kier molecular flexibility index (Phi) is 3.69. The van der Waals surface area contributed by atoms with Gasteiger partial charge in [0.1, 0.15) is 5.56 Å². The Morgan fingerprint density at radius 3 is 2.58 bits per heavy atom. The van der Waals surface area contributed by atoms with E-state index in [2.05, 4.69) is 15.9 Å². The minimum atomic E-state index is -1.25. The van der Waals surface area contributed by atoms with Crippen LogP contribution in [0.15, 0.2) is 27.6 Å². The summed E-state index contributed by atoms with van der Waals surface area (Å²) in [6.45, 7) is 3.81. The molecule has 0 aliphatic rings. The van der Waals surface area contributed by atoms with Gasteiger partial charge in [-0.3, -0.25) is 4.79 Å². The fourth-order valence-electron chi connectivity index (χ4n) is 1.97. The number of benzene rings is 1. The smallest absolute Gasteiger partial charge is 0.341 e. The minimum absolute atomic E-state index is 0.00608. The standard InChI is InChI=1S/C13H11BrClNO3/c1-6(2)16-5-8(13(18)19)12(17)11-9(15)3-7(14)4-10(11)16/h3-6H,1-2H3,(H,18,19). The van der Waals surface area contributed by atoms with Crippen LogP contribution in [-0.2, 0) is 0 Å². The zero-order valence-corrected chi connectivity index (χ0v) is 12.6. The van der Waals surface area contributed by atoms with Crippen LogP contribution in [0.2, 0.25) is 5.02 Å². The summed E-state index contributed by atoms with van der Waals surface area (Å²) in [4.78, 5) is 23.3. The Labute approximate surface area is 122 Å². The molecule has 0 bridgehead atoms. The fourth-order valence-corrected chi connectivity index (χ4v) is 2.85. The molecule has 1 N–H and O–H groups in total. The summed E-state index contributed by atoms with van der Waals surface area (Å²) < 4.78 is 2.47. The van der Waals surface area contributed by atoms with Crippen LogP contribution in [0.3, 0.4) is 0 Å². The second kappa shape index (κ2) is 4.98. The zero-order chi connectivity index (χ0) is 14.3. The van der Waals surface area contributed by atoms with E-state index < -0.39 is 11.4 Å². The lowest BCUT2D eigenvalue weighted by Gasteiger charge is -2.16. The summed E-state index contributed by atoms with van der Waals surface area (Å²) in [6, 6.07) is 3.35. The third-order valence-electron chi connectivity index (χ3n) is 2.84. The van der Waals surface area contributed by atoms with Crippen LogP contribution in [0.25, 0.3) is 10.9 Å². The number of rotatable bonds is 2. The van der Waals surface area contributed by atoms with Gasteiger partial charge in [0.15, 0.2) is 0 Å². The SMILES string of the molecule is CC(C)n1cc(C(=O)O)c(=O)c2c(Cl)cc(Br)cc21. The summed E-state index contributed by atoms with van der Waals surface area (Å²) in [6.07, 6.45) is 1.36. The molecular formula is C13H11BrClNO3. The van der Waals surface area contributed by atoms with Gasteiger partial charge >= 0.3 is 5.97 Å². The topological polar surface area (TPSA) is 59.3 Å². The van der Waals surface area contributed by atoms with Gasteiger partial charge in [0.2, 0.25) is 5.43 Å². The molecule has 1 heterocycles. The number of halogens is 2. The van der Waals surface area contributed by atoms with Crippen LogP contribution in [0.5, 0.6) is 0 Å². The first-order valence-electron chi connectivity index (χ1n) is 5.60. The average Bonchev–Trinajstić information content (AvgIpc) is 2.26. The van der Waals surface area contributed by atoms with Gasteiger partial charge in [0.25, 0.3) is 0 Å². The lowest BCUT2D eigenvalue weighted by Crippen LogP contribution is -2.20. The number of carbonyl (C=O) groups is 1. The van der Waals surface area contributed by atoms with E-state index in [4.69, 9.17) is 16.7 Å². The molecule has 0 atom stereocenters. The molecule has 1 aromatic carbocycles. The highest BCUT2D eigenvalue weighted by atomic mass is 79.9. The van der Waals surface area contributed by atoms with Gasteiger partial charge in [0.05, 0.1) is 15.9 Å². The van der Waals surface area contributed by atoms with Gasteiger partial charge in [-0.25, -0.2) is 4.79 Å². The molecule has 19 heavy (non-hydrogen) atoms. The van der Waals surface area contributed by atoms with Crippen molar-refractivity contribution in [3.63, 3.8) is 0 Å². The summed E-state index contributed by atoms with van der Waals surface area (Å²) in [5, 5.41) is 9.59. The number of fused-ring (bicyclic) bond motifs is 1. The highest BCUT2D eigenvalue weighted by Gasteiger charge is 2.18. The van der Waals surface area contributed by atoms with Crippen molar-refractivity contribution in [1.29, 1.82) is 0 Å². The van der Waals surface area contributed by atoms with Crippen molar-refractivity contribution < 1.29 is 9.90 Å². The lowest BCUT2D eigenvalue weighted by atomic mass is 10.1. The molecular weight excluding hydrogens is 334 g/mol. The maximum atomic E-state index is 12.2. The molecule has 0 amide bonds. The number of pyridine rings is 1. The molecule has 2 aromatic rings. The molecule has 0 saturated heterocycles. The quantitative estimate of drug-likeness (QED) is 0.903. The Balaban J connectivity index is 3.06. The van der Waals surface area contributed by atoms with Crippen LogP contribution in [0.1, 0.15) is 30.2 Å². The maximum Gasteiger partial charge on any atom is 0.341 e. The Morgan fingerprint density at radius 1 is 1.42 bits per heavy atom. The summed E-state index contributed by atoms with van der Waals surface area (Å²) in [7, 11) is 0. The van der Waals surface area contributed by atoms with Crippen molar-refractivity contribution in [2.75, 3.05) is 0 Å². The van der Waals surface area contributed by atoms with E-state index in [0.717, 1.165) is 4.47 Å². The molecule has 1 aromatic heterocycles. The first-order chi connectivity index (χ1) is 8.82. The molecule has 6 heteroatoms. The Morgan fingerprint density at radius 2 is 2.05 bits per heavy atom. The molecule has 0 saturated carbocycles. The first kappa shape index (κ1) is 14.1. The maximum absolute atomic E-state index is 12.2. The highest BCUT2D eigenvalue weighted by molar-refractivity contribution is 9.10. The molecule has 0 spiro atoms. The van der Waals surface area contributed by atoms with Crippen molar-refractivity contribution in [1.82, 2.24) is 4.57 Å². The molecule has 0 radical (unpaired) electrons. The van der Waals surface area contributed by atoms with Crippen molar-refractivity contribution in [2.45, 2.75) is 19.9 Å². The summed E-state index contributed by atoms with van der Waals surface area (Å²) in [5.74, 6) is -1.25. The van der Waals surface area contributed by atoms with Crippen LogP contribution < -0.4 is 5.43 Å². The second-order valence-electron chi connectivity index (χ2n) is 4.46. The minimum Gasteiger partial charge on any atom is -0.477 e. The van der Waals surface area contributed by atoms with Crippen molar-refractivity contribution in [2.24, 2.45) is 0 Å². The van der Waals surface area contributed by atoms with Crippen molar-refractivity contribution in [3.05, 3.63) is 43.6 Å². The second-order valence-corrected chi connectivity index (χ2v) is 5.78. The molecule has 0 fully saturated rings. The van der Waals surface area contributed by atoms with Crippen LogP contribution in [0, 0.1) is 0 Å². The van der Waals surface area contributed by atoms with Gasteiger partial charge in [-0.15, -0.1) is 0 Å². The van der Waals surface area contributed by atoms with Gasteiger partial charge in [-0.2, -0.15) is 0 Å². The van der Waals surface area contributed by atoms with Crippen LogP contribution in [-0.4, -0.2) is 15.6 Å².